The van der Waals surface area contributed by atoms with Crippen LogP contribution in [0.4, 0.5) is 0 Å². The minimum absolute atomic E-state index is 0.175. The molecule has 2 rings (SSSR count). The Kier molecular flexibility index (Phi) is 3.24. The van der Waals surface area contributed by atoms with Crippen molar-refractivity contribution in [3.8, 4) is 0 Å². The van der Waals surface area contributed by atoms with Crippen molar-refractivity contribution in [1.29, 1.82) is 0 Å². The Morgan fingerprint density at radius 3 is 2.67 bits per heavy atom. The first kappa shape index (κ1) is 10.5. The zero-order chi connectivity index (χ0) is 10.7. The molecule has 0 saturated carbocycles. The van der Waals surface area contributed by atoms with E-state index in [0.717, 1.165) is 31.4 Å². The van der Waals surface area contributed by atoms with Crippen LogP contribution in [0.25, 0.3) is 0 Å². The van der Waals surface area contributed by atoms with E-state index in [2.05, 4.69) is 6.92 Å². The maximum Gasteiger partial charge on any atom is 0.336 e. The van der Waals surface area contributed by atoms with Crippen molar-refractivity contribution < 1.29 is 4.42 Å². The quantitative estimate of drug-likeness (QED) is 0.707. The van der Waals surface area contributed by atoms with Crippen LogP contribution in [0, 0.1) is 0 Å². The van der Waals surface area contributed by atoms with Gasteiger partial charge in [-0.2, -0.15) is 0 Å². The van der Waals surface area contributed by atoms with E-state index in [-0.39, 0.29) is 5.63 Å². The fourth-order valence-electron chi connectivity index (χ4n) is 2.38. The van der Waals surface area contributed by atoms with Crippen molar-refractivity contribution in [2.24, 2.45) is 0 Å². The molecule has 0 saturated heterocycles. The molecule has 0 aromatic carbocycles. The predicted octanol–water partition coefficient (Wildman–Crippen LogP) is 2.86. The second-order valence-corrected chi connectivity index (χ2v) is 4.26. The third-order valence-electron chi connectivity index (χ3n) is 3.20. The third-order valence-corrected chi connectivity index (χ3v) is 3.20. The van der Waals surface area contributed by atoms with E-state index in [0.29, 0.717) is 0 Å². The van der Waals surface area contributed by atoms with Gasteiger partial charge in [0.15, 0.2) is 0 Å². The van der Waals surface area contributed by atoms with E-state index in [9.17, 15) is 4.79 Å². The van der Waals surface area contributed by atoms with E-state index in [1.165, 1.54) is 30.4 Å². The van der Waals surface area contributed by atoms with Gasteiger partial charge in [0.1, 0.15) is 5.76 Å². The summed E-state index contributed by atoms with van der Waals surface area (Å²) in [5, 5.41) is 0. The molecule has 0 radical (unpaired) electrons. The molecule has 1 aromatic heterocycles. The van der Waals surface area contributed by atoms with Crippen LogP contribution in [0.1, 0.15) is 49.5 Å². The summed E-state index contributed by atoms with van der Waals surface area (Å²) >= 11 is 0. The Hall–Kier alpha value is -1.05. The lowest BCUT2D eigenvalue weighted by Crippen LogP contribution is -2.10. The highest BCUT2D eigenvalue weighted by Gasteiger charge is 2.13. The highest BCUT2D eigenvalue weighted by Crippen LogP contribution is 2.22. The summed E-state index contributed by atoms with van der Waals surface area (Å²) < 4.78 is 5.32. The van der Waals surface area contributed by atoms with Gasteiger partial charge in [-0.3, -0.25) is 0 Å². The minimum atomic E-state index is -0.175. The van der Waals surface area contributed by atoms with Crippen molar-refractivity contribution >= 4 is 0 Å². The van der Waals surface area contributed by atoms with Crippen LogP contribution < -0.4 is 5.63 Å². The second kappa shape index (κ2) is 4.65. The van der Waals surface area contributed by atoms with Crippen LogP contribution in [-0.2, 0) is 19.3 Å². The van der Waals surface area contributed by atoms with Crippen LogP contribution in [0.2, 0.25) is 0 Å². The first-order chi connectivity index (χ1) is 7.31. The largest absolute Gasteiger partial charge is 0.428 e. The van der Waals surface area contributed by atoms with Gasteiger partial charge in [0.05, 0.1) is 0 Å². The van der Waals surface area contributed by atoms with Gasteiger partial charge >= 0.3 is 5.63 Å². The Balaban J connectivity index is 2.45. The first-order valence-electron chi connectivity index (χ1n) is 5.96. The fourth-order valence-corrected chi connectivity index (χ4v) is 2.38. The smallest absolute Gasteiger partial charge is 0.336 e. The molecule has 15 heavy (non-hydrogen) atoms. The van der Waals surface area contributed by atoms with E-state index >= 15 is 0 Å². The lowest BCUT2D eigenvalue weighted by Gasteiger charge is -2.14. The van der Waals surface area contributed by atoms with Crippen molar-refractivity contribution in [1.82, 2.24) is 0 Å². The summed E-state index contributed by atoms with van der Waals surface area (Å²) in [5.74, 6) is 0.957. The molecule has 1 heterocycles. The highest BCUT2D eigenvalue weighted by atomic mass is 16.4. The maximum absolute atomic E-state index is 11.4. The molecule has 0 amide bonds. The summed E-state index contributed by atoms with van der Waals surface area (Å²) in [4.78, 5) is 11.4. The summed E-state index contributed by atoms with van der Waals surface area (Å²) in [6, 6.07) is 1.67. The molecule has 0 atom stereocenters. The Morgan fingerprint density at radius 2 is 1.93 bits per heavy atom. The summed E-state index contributed by atoms with van der Waals surface area (Å²) in [6.07, 6.45) is 7.92. The van der Waals surface area contributed by atoms with Gasteiger partial charge in [0, 0.05) is 12.5 Å². The standard InChI is InChI=1S/C13H18O2/c1-2-10-9-13(14)15-12-8-6-4-3-5-7-11(10)12/h9H,2-8H2,1H3. The van der Waals surface area contributed by atoms with Gasteiger partial charge in [-0.1, -0.05) is 19.8 Å². The molecule has 1 aliphatic carbocycles. The monoisotopic (exact) mass is 206 g/mol. The van der Waals surface area contributed by atoms with Gasteiger partial charge in [0.25, 0.3) is 0 Å². The number of rotatable bonds is 1. The van der Waals surface area contributed by atoms with Crippen molar-refractivity contribution in [3.05, 3.63) is 33.4 Å². The predicted molar refractivity (Wildman–Crippen MR) is 60.2 cm³/mol. The van der Waals surface area contributed by atoms with Crippen LogP contribution in [0.5, 0.6) is 0 Å². The van der Waals surface area contributed by atoms with Crippen LogP contribution in [-0.4, -0.2) is 0 Å². The Labute approximate surface area is 90.3 Å². The zero-order valence-electron chi connectivity index (χ0n) is 9.34. The van der Waals surface area contributed by atoms with Crippen LogP contribution in [0.3, 0.4) is 0 Å². The van der Waals surface area contributed by atoms with Crippen LogP contribution in [0.15, 0.2) is 15.3 Å². The second-order valence-electron chi connectivity index (χ2n) is 4.26. The zero-order valence-corrected chi connectivity index (χ0v) is 9.34. The average Bonchev–Trinajstić information content (AvgIpc) is 2.19. The number of hydrogen-bond acceptors (Lipinski definition) is 2. The summed E-state index contributed by atoms with van der Waals surface area (Å²) in [5.41, 5.74) is 2.34. The molecule has 1 aliphatic rings. The number of hydrogen-bond donors (Lipinski definition) is 0. The molecule has 0 N–H and O–H groups in total. The topological polar surface area (TPSA) is 30.2 Å². The fraction of sp³-hybridized carbons (Fsp3) is 0.615. The number of aryl methyl sites for hydroxylation is 2. The Morgan fingerprint density at radius 1 is 1.20 bits per heavy atom. The molecule has 0 aliphatic heterocycles. The molecular formula is C13H18O2. The summed E-state index contributed by atoms with van der Waals surface area (Å²) in [7, 11) is 0. The first-order valence-corrected chi connectivity index (χ1v) is 5.96. The molecule has 1 aromatic rings. The maximum atomic E-state index is 11.4. The van der Waals surface area contributed by atoms with Crippen LogP contribution >= 0.6 is 0 Å². The van der Waals surface area contributed by atoms with E-state index < -0.39 is 0 Å². The molecule has 82 valence electrons. The normalized spacial score (nSPS) is 16.6. The van der Waals surface area contributed by atoms with Crippen molar-refractivity contribution in [2.75, 3.05) is 0 Å². The molecule has 0 spiro atoms. The minimum Gasteiger partial charge on any atom is -0.428 e. The van der Waals surface area contributed by atoms with Crippen molar-refractivity contribution in [3.63, 3.8) is 0 Å². The molecule has 0 fully saturated rings. The molecule has 0 bridgehead atoms. The molecular weight excluding hydrogens is 188 g/mol. The SMILES string of the molecule is CCc1cc(=O)oc2c1CCCCCC2. The molecule has 2 nitrogen and oxygen atoms in total. The third kappa shape index (κ3) is 2.31. The van der Waals surface area contributed by atoms with Gasteiger partial charge in [-0.25, -0.2) is 4.79 Å². The van der Waals surface area contributed by atoms with Gasteiger partial charge in [-0.05, 0) is 36.8 Å². The molecule has 0 unspecified atom stereocenters. The average molecular weight is 206 g/mol. The highest BCUT2D eigenvalue weighted by molar-refractivity contribution is 5.28. The number of fused-ring (bicyclic) bond motifs is 1. The van der Waals surface area contributed by atoms with E-state index in [4.69, 9.17) is 4.42 Å². The van der Waals surface area contributed by atoms with E-state index in [1.54, 1.807) is 6.07 Å². The summed E-state index contributed by atoms with van der Waals surface area (Å²) in [6.45, 7) is 2.10. The lowest BCUT2D eigenvalue weighted by molar-refractivity contribution is 0.429. The van der Waals surface area contributed by atoms with Gasteiger partial charge in [-0.15, -0.1) is 0 Å². The van der Waals surface area contributed by atoms with E-state index in [1.807, 2.05) is 0 Å². The van der Waals surface area contributed by atoms with Gasteiger partial charge in [0.2, 0.25) is 0 Å². The lowest BCUT2D eigenvalue weighted by atomic mass is 9.94. The van der Waals surface area contributed by atoms with Crippen molar-refractivity contribution in [2.45, 2.75) is 51.9 Å². The Bertz CT molecular complexity index is 390. The van der Waals surface area contributed by atoms with Gasteiger partial charge < -0.3 is 4.42 Å². The molecule has 2 heteroatoms.